The first kappa shape index (κ1) is 11.5. The van der Waals surface area contributed by atoms with Crippen molar-refractivity contribution in [2.45, 2.75) is 51.5 Å². The molecule has 0 bridgehead atoms. The van der Waals surface area contributed by atoms with Gasteiger partial charge >= 0.3 is 5.97 Å². The summed E-state index contributed by atoms with van der Waals surface area (Å²) in [5.41, 5.74) is 0. The molecule has 0 heterocycles. The molecular weight excluding hydrogens is 178 g/mol. The first-order chi connectivity index (χ1) is 6.72. The van der Waals surface area contributed by atoms with Gasteiger partial charge in [-0.1, -0.05) is 19.8 Å². The van der Waals surface area contributed by atoms with Crippen molar-refractivity contribution in [3.8, 4) is 0 Å². The van der Waals surface area contributed by atoms with Gasteiger partial charge in [0.15, 0.2) is 0 Å². The van der Waals surface area contributed by atoms with Gasteiger partial charge in [-0.15, -0.1) is 0 Å². The zero-order chi connectivity index (χ0) is 10.4. The summed E-state index contributed by atoms with van der Waals surface area (Å²) < 4.78 is 0. The fraction of sp³-hybridized carbons (Fsp3) is 0.909. The first-order valence-corrected chi connectivity index (χ1v) is 5.67. The third-order valence-electron chi connectivity index (χ3n) is 2.81. The van der Waals surface area contributed by atoms with Gasteiger partial charge in [-0.3, -0.25) is 4.79 Å². The Labute approximate surface area is 85.9 Å². The van der Waals surface area contributed by atoms with Crippen LogP contribution in [-0.2, 0) is 4.79 Å². The van der Waals surface area contributed by atoms with E-state index in [1.54, 1.807) is 0 Å². The van der Waals surface area contributed by atoms with Crippen molar-refractivity contribution < 1.29 is 9.90 Å². The van der Waals surface area contributed by atoms with E-state index in [1.807, 2.05) is 0 Å². The Morgan fingerprint density at radius 3 is 2.79 bits per heavy atom. The van der Waals surface area contributed by atoms with Crippen LogP contribution in [0.4, 0.5) is 0 Å². The van der Waals surface area contributed by atoms with Crippen molar-refractivity contribution in [2.75, 3.05) is 6.54 Å². The summed E-state index contributed by atoms with van der Waals surface area (Å²) in [6.45, 7) is 3.04. The molecule has 0 spiro atoms. The second-order valence-corrected chi connectivity index (χ2v) is 4.24. The Kier molecular flexibility index (Phi) is 4.94. The highest BCUT2D eigenvalue weighted by atomic mass is 16.4. The van der Waals surface area contributed by atoms with Crippen molar-refractivity contribution in [2.24, 2.45) is 5.92 Å². The van der Waals surface area contributed by atoms with Crippen LogP contribution in [0.15, 0.2) is 0 Å². The lowest BCUT2D eigenvalue weighted by Crippen LogP contribution is -2.30. The van der Waals surface area contributed by atoms with Crippen LogP contribution < -0.4 is 5.32 Å². The van der Waals surface area contributed by atoms with Gasteiger partial charge in [0.2, 0.25) is 0 Å². The van der Waals surface area contributed by atoms with Gasteiger partial charge in [0.1, 0.15) is 0 Å². The Bertz CT molecular complexity index is 178. The van der Waals surface area contributed by atoms with E-state index < -0.39 is 5.97 Å². The normalized spacial score (nSPS) is 18.1. The SMILES string of the molecule is CCC(CC1CC1)NCCCC(=O)O. The molecule has 0 aromatic rings. The van der Waals surface area contributed by atoms with Gasteiger partial charge in [0.25, 0.3) is 0 Å². The zero-order valence-corrected chi connectivity index (χ0v) is 8.96. The van der Waals surface area contributed by atoms with Gasteiger partial charge in [-0.05, 0) is 31.7 Å². The molecule has 1 unspecified atom stereocenters. The topological polar surface area (TPSA) is 49.3 Å². The van der Waals surface area contributed by atoms with Gasteiger partial charge in [0.05, 0.1) is 0 Å². The Morgan fingerprint density at radius 2 is 2.29 bits per heavy atom. The summed E-state index contributed by atoms with van der Waals surface area (Å²) in [5, 5.41) is 11.9. The summed E-state index contributed by atoms with van der Waals surface area (Å²) >= 11 is 0. The molecule has 3 heteroatoms. The van der Waals surface area contributed by atoms with Gasteiger partial charge < -0.3 is 10.4 Å². The Morgan fingerprint density at radius 1 is 1.57 bits per heavy atom. The average Bonchev–Trinajstić information content (AvgIpc) is 2.93. The molecule has 1 atom stereocenters. The quantitative estimate of drug-likeness (QED) is 0.588. The molecule has 0 saturated heterocycles. The molecule has 0 aromatic carbocycles. The molecule has 0 amide bonds. The molecule has 1 rings (SSSR count). The number of hydrogen-bond acceptors (Lipinski definition) is 2. The summed E-state index contributed by atoms with van der Waals surface area (Å²) in [4.78, 5) is 10.3. The van der Waals surface area contributed by atoms with Gasteiger partial charge in [-0.25, -0.2) is 0 Å². The minimum absolute atomic E-state index is 0.285. The fourth-order valence-electron chi connectivity index (χ4n) is 1.70. The number of rotatable bonds is 8. The van der Waals surface area contributed by atoms with Crippen molar-refractivity contribution in [3.05, 3.63) is 0 Å². The molecule has 82 valence electrons. The molecule has 1 aliphatic rings. The van der Waals surface area contributed by atoms with E-state index in [9.17, 15) is 4.79 Å². The maximum Gasteiger partial charge on any atom is 0.303 e. The summed E-state index contributed by atoms with van der Waals surface area (Å²) in [6, 6.07) is 0.608. The highest BCUT2D eigenvalue weighted by Gasteiger charge is 2.24. The minimum atomic E-state index is -0.693. The van der Waals surface area contributed by atoms with Crippen LogP contribution in [0.3, 0.4) is 0 Å². The zero-order valence-electron chi connectivity index (χ0n) is 8.96. The van der Waals surface area contributed by atoms with Crippen molar-refractivity contribution >= 4 is 5.97 Å². The lowest BCUT2D eigenvalue weighted by molar-refractivity contribution is -0.137. The predicted octanol–water partition coefficient (Wildman–Crippen LogP) is 2.02. The molecule has 0 aliphatic heterocycles. The third-order valence-corrected chi connectivity index (χ3v) is 2.81. The van der Waals surface area contributed by atoms with E-state index in [0.717, 1.165) is 25.3 Å². The highest BCUT2D eigenvalue weighted by Crippen LogP contribution is 2.33. The van der Waals surface area contributed by atoms with Gasteiger partial charge in [0, 0.05) is 12.5 Å². The summed E-state index contributed by atoms with van der Waals surface area (Å²) in [5.74, 6) is 0.258. The number of carboxylic acids is 1. The maximum absolute atomic E-state index is 10.3. The number of carbonyl (C=O) groups is 1. The molecule has 2 N–H and O–H groups in total. The number of hydrogen-bond donors (Lipinski definition) is 2. The van der Waals surface area contributed by atoms with E-state index in [4.69, 9.17) is 5.11 Å². The number of nitrogens with one attached hydrogen (secondary N) is 1. The second kappa shape index (κ2) is 6.02. The first-order valence-electron chi connectivity index (χ1n) is 5.67. The fourth-order valence-corrected chi connectivity index (χ4v) is 1.70. The van der Waals surface area contributed by atoms with E-state index in [2.05, 4.69) is 12.2 Å². The molecule has 1 fully saturated rings. The highest BCUT2D eigenvalue weighted by molar-refractivity contribution is 5.66. The van der Waals surface area contributed by atoms with Crippen LogP contribution in [0.5, 0.6) is 0 Å². The van der Waals surface area contributed by atoms with E-state index in [-0.39, 0.29) is 6.42 Å². The minimum Gasteiger partial charge on any atom is -0.481 e. The van der Waals surface area contributed by atoms with E-state index in [1.165, 1.54) is 19.3 Å². The van der Waals surface area contributed by atoms with Crippen LogP contribution in [0.2, 0.25) is 0 Å². The maximum atomic E-state index is 10.3. The smallest absolute Gasteiger partial charge is 0.303 e. The largest absolute Gasteiger partial charge is 0.481 e. The Balaban J connectivity index is 1.98. The van der Waals surface area contributed by atoms with Crippen molar-refractivity contribution in [1.82, 2.24) is 5.32 Å². The van der Waals surface area contributed by atoms with Crippen LogP contribution in [0.1, 0.15) is 45.4 Å². The second-order valence-electron chi connectivity index (χ2n) is 4.24. The Hall–Kier alpha value is -0.570. The lowest BCUT2D eigenvalue weighted by Gasteiger charge is -2.15. The monoisotopic (exact) mass is 199 g/mol. The summed E-state index contributed by atoms with van der Waals surface area (Å²) in [6.07, 6.45) is 6.26. The molecule has 1 aliphatic carbocycles. The van der Waals surface area contributed by atoms with Crippen LogP contribution in [-0.4, -0.2) is 23.7 Å². The molecule has 14 heavy (non-hydrogen) atoms. The van der Waals surface area contributed by atoms with Crippen LogP contribution >= 0.6 is 0 Å². The molecular formula is C11H21NO2. The third kappa shape index (κ3) is 5.22. The standard InChI is InChI=1S/C11H21NO2/c1-2-10(8-9-5-6-9)12-7-3-4-11(13)14/h9-10,12H,2-8H2,1H3,(H,13,14). The van der Waals surface area contributed by atoms with E-state index >= 15 is 0 Å². The number of aliphatic carboxylic acids is 1. The number of carboxylic acid groups (broad SMARTS) is 1. The average molecular weight is 199 g/mol. The summed E-state index contributed by atoms with van der Waals surface area (Å²) in [7, 11) is 0. The molecule has 3 nitrogen and oxygen atoms in total. The van der Waals surface area contributed by atoms with Gasteiger partial charge in [-0.2, -0.15) is 0 Å². The van der Waals surface area contributed by atoms with E-state index in [0.29, 0.717) is 6.04 Å². The van der Waals surface area contributed by atoms with Crippen LogP contribution in [0, 0.1) is 5.92 Å². The van der Waals surface area contributed by atoms with Crippen molar-refractivity contribution in [1.29, 1.82) is 0 Å². The molecule has 0 aromatic heterocycles. The van der Waals surface area contributed by atoms with Crippen LogP contribution in [0.25, 0.3) is 0 Å². The lowest BCUT2D eigenvalue weighted by atomic mass is 10.1. The van der Waals surface area contributed by atoms with Crippen molar-refractivity contribution in [3.63, 3.8) is 0 Å². The molecule has 1 saturated carbocycles. The molecule has 0 radical (unpaired) electrons. The predicted molar refractivity (Wildman–Crippen MR) is 56.3 cm³/mol.